The van der Waals surface area contributed by atoms with E-state index in [4.69, 9.17) is 4.74 Å². The molecule has 0 saturated carbocycles. The Morgan fingerprint density at radius 1 is 1.56 bits per heavy atom. The quantitative estimate of drug-likeness (QED) is 0.872. The molecule has 1 heterocycles. The van der Waals surface area contributed by atoms with Crippen molar-refractivity contribution in [1.82, 2.24) is 10.2 Å². The largest absolute Gasteiger partial charge is 0.497 e. The second kappa shape index (κ2) is 5.87. The van der Waals surface area contributed by atoms with Gasteiger partial charge in [0.05, 0.1) is 13.0 Å². The van der Waals surface area contributed by atoms with E-state index < -0.39 is 0 Å². The fourth-order valence-electron chi connectivity index (χ4n) is 2.30. The van der Waals surface area contributed by atoms with Crippen LogP contribution in [0.5, 0.6) is 5.75 Å². The van der Waals surface area contributed by atoms with Gasteiger partial charge in [-0.15, -0.1) is 0 Å². The van der Waals surface area contributed by atoms with Crippen LogP contribution in [0.3, 0.4) is 0 Å². The molecule has 98 valence electrons. The molecular weight excluding hydrogens is 228 g/mol. The van der Waals surface area contributed by atoms with Crippen molar-refractivity contribution in [2.24, 2.45) is 5.92 Å². The molecule has 0 spiro atoms. The zero-order chi connectivity index (χ0) is 13.0. The Balaban J connectivity index is 1.97. The zero-order valence-corrected chi connectivity index (χ0v) is 11.0. The van der Waals surface area contributed by atoms with Crippen molar-refractivity contribution in [3.05, 3.63) is 29.8 Å². The Kier molecular flexibility index (Phi) is 4.20. The summed E-state index contributed by atoms with van der Waals surface area (Å²) in [6.07, 6.45) is 0.946. The molecule has 0 radical (unpaired) electrons. The molecule has 0 aliphatic carbocycles. The van der Waals surface area contributed by atoms with Gasteiger partial charge in [-0.3, -0.25) is 4.79 Å². The Morgan fingerprint density at radius 3 is 3.06 bits per heavy atom. The number of nitrogens with zero attached hydrogens (tertiary/aromatic N) is 1. The normalized spacial score (nSPS) is 18.7. The molecule has 1 unspecified atom stereocenters. The minimum atomic E-state index is 0.139. The number of carbonyl (C=O) groups excluding carboxylic acids is 1. The maximum Gasteiger partial charge on any atom is 0.227 e. The van der Waals surface area contributed by atoms with Crippen LogP contribution in [-0.4, -0.2) is 38.1 Å². The first-order valence-corrected chi connectivity index (χ1v) is 6.29. The van der Waals surface area contributed by atoms with Crippen LogP contribution in [0.15, 0.2) is 24.3 Å². The molecule has 4 nitrogen and oxygen atoms in total. The van der Waals surface area contributed by atoms with Crippen LogP contribution in [0.1, 0.15) is 12.0 Å². The lowest BCUT2D eigenvalue weighted by Crippen LogP contribution is -2.33. The standard InChI is InChI=1S/C14H20N2O2/c1-16(14(17)12-6-7-15-9-12)10-11-4-3-5-13(8-11)18-2/h3-5,8,12,15H,6-7,9-10H2,1-2H3. The molecule has 4 heteroatoms. The van der Waals surface area contributed by atoms with Crippen LogP contribution in [0, 0.1) is 5.92 Å². The van der Waals surface area contributed by atoms with Gasteiger partial charge in [-0.1, -0.05) is 12.1 Å². The summed E-state index contributed by atoms with van der Waals surface area (Å²) in [5, 5.41) is 3.22. The Bertz CT molecular complexity index is 414. The Morgan fingerprint density at radius 2 is 2.39 bits per heavy atom. The average molecular weight is 248 g/mol. The first-order chi connectivity index (χ1) is 8.70. The maximum absolute atomic E-state index is 12.2. The molecule has 1 amide bonds. The number of methoxy groups -OCH3 is 1. The minimum absolute atomic E-state index is 0.139. The average Bonchev–Trinajstić information content (AvgIpc) is 2.92. The summed E-state index contributed by atoms with van der Waals surface area (Å²) in [6.45, 7) is 2.39. The lowest BCUT2D eigenvalue weighted by Gasteiger charge is -2.20. The number of hydrogen-bond donors (Lipinski definition) is 1. The van der Waals surface area contributed by atoms with Gasteiger partial charge in [-0.25, -0.2) is 0 Å². The van der Waals surface area contributed by atoms with Gasteiger partial charge in [-0.2, -0.15) is 0 Å². The molecule has 1 aromatic carbocycles. The van der Waals surface area contributed by atoms with Crippen LogP contribution in [0.4, 0.5) is 0 Å². The van der Waals surface area contributed by atoms with E-state index in [1.165, 1.54) is 0 Å². The van der Waals surface area contributed by atoms with Crippen molar-refractivity contribution < 1.29 is 9.53 Å². The summed E-state index contributed by atoms with van der Waals surface area (Å²) in [6, 6.07) is 7.84. The first kappa shape index (κ1) is 12.9. The van der Waals surface area contributed by atoms with Crippen molar-refractivity contribution in [2.75, 3.05) is 27.2 Å². The molecule has 1 aliphatic rings. The SMILES string of the molecule is COc1cccc(CN(C)C(=O)C2CCNC2)c1. The van der Waals surface area contributed by atoms with Gasteiger partial charge in [0, 0.05) is 20.1 Å². The number of carbonyl (C=O) groups is 1. The van der Waals surface area contributed by atoms with Crippen molar-refractivity contribution in [1.29, 1.82) is 0 Å². The first-order valence-electron chi connectivity index (χ1n) is 6.29. The molecule has 2 rings (SSSR count). The Labute approximate surface area is 108 Å². The summed E-state index contributed by atoms with van der Waals surface area (Å²) < 4.78 is 5.18. The second-order valence-corrected chi connectivity index (χ2v) is 4.74. The van der Waals surface area contributed by atoms with E-state index in [9.17, 15) is 4.79 Å². The summed E-state index contributed by atoms with van der Waals surface area (Å²) in [4.78, 5) is 14.0. The van der Waals surface area contributed by atoms with Gasteiger partial charge in [0.2, 0.25) is 5.91 Å². The predicted molar refractivity (Wildman–Crippen MR) is 70.4 cm³/mol. The van der Waals surface area contributed by atoms with Gasteiger partial charge in [0.25, 0.3) is 0 Å². The lowest BCUT2D eigenvalue weighted by molar-refractivity contribution is -0.134. The lowest BCUT2D eigenvalue weighted by atomic mass is 10.1. The summed E-state index contributed by atoms with van der Waals surface area (Å²) in [7, 11) is 3.51. The molecule has 1 saturated heterocycles. The van der Waals surface area contributed by atoms with Crippen LogP contribution in [-0.2, 0) is 11.3 Å². The molecule has 1 atom stereocenters. The fourth-order valence-corrected chi connectivity index (χ4v) is 2.30. The third-order valence-electron chi connectivity index (χ3n) is 3.34. The number of benzene rings is 1. The third kappa shape index (κ3) is 3.01. The molecule has 1 aliphatic heterocycles. The highest BCUT2D eigenvalue weighted by Gasteiger charge is 2.25. The molecular formula is C14H20N2O2. The van der Waals surface area contributed by atoms with Gasteiger partial charge < -0.3 is 15.0 Å². The van der Waals surface area contributed by atoms with Crippen molar-refractivity contribution in [3.8, 4) is 5.75 Å². The van der Waals surface area contributed by atoms with Crippen molar-refractivity contribution in [2.45, 2.75) is 13.0 Å². The van der Waals surface area contributed by atoms with E-state index in [1.807, 2.05) is 31.3 Å². The second-order valence-electron chi connectivity index (χ2n) is 4.74. The number of rotatable bonds is 4. The minimum Gasteiger partial charge on any atom is -0.497 e. The van der Waals surface area contributed by atoms with E-state index in [1.54, 1.807) is 12.0 Å². The number of hydrogen-bond acceptors (Lipinski definition) is 3. The molecule has 1 N–H and O–H groups in total. The van der Waals surface area contributed by atoms with Crippen LogP contribution in [0.25, 0.3) is 0 Å². The third-order valence-corrected chi connectivity index (χ3v) is 3.34. The summed E-state index contributed by atoms with van der Waals surface area (Å²) in [5.74, 6) is 1.19. The maximum atomic E-state index is 12.2. The topological polar surface area (TPSA) is 41.6 Å². The number of nitrogens with one attached hydrogen (secondary N) is 1. The van der Waals surface area contributed by atoms with Crippen LogP contribution >= 0.6 is 0 Å². The van der Waals surface area contributed by atoms with E-state index in [2.05, 4.69) is 5.32 Å². The van der Waals surface area contributed by atoms with Gasteiger partial charge in [0.1, 0.15) is 5.75 Å². The predicted octanol–water partition coefficient (Wildman–Crippen LogP) is 1.26. The van der Waals surface area contributed by atoms with Crippen LogP contribution in [0.2, 0.25) is 0 Å². The molecule has 18 heavy (non-hydrogen) atoms. The van der Waals surface area contributed by atoms with E-state index in [0.29, 0.717) is 6.54 Å². The highest BCUT2D eigenvalue weighted by molar-refractivity contribution is 5.79. The van der Waals surface area contributed by atoms with Crippen molar-refractivity contribution >= 4 is 5.91 Å². The van der Waals surface area contributed by atoms with E-state index in [-0.39, 0.29) is 11.8 Å². The van der Waals surface area contributed by atoms with Gasteiger partial charge in [-0.05, 0) is 30.7 Å². The smallest absolute Gasteiger partial charge is 0.227 e. The summed E-state index contributed by atoms with van der Waals surface area (Å²) in [5.41, 5.74) is 1.09. The van der Waals surface area contributed by atoms with Gasteiger partial charge in [0.15, 0.2) is 0 Å². The molecule has 1 aromatic rings. The molecule has 0 aromatic heterocycles. The monoisotopic (exact) mass is 248 g/mol. The van der Waals surface area contributed by atoms with E-state index in [0.717, 1.165) is 30.8 Å². The number of ether oxygens (including phenoxy) is 1. The highest BCUT2D eigenvalue weighted by Crippen LogP contribution is 2.16. The fraction of sp³-hybridized carbons (Fsp3) is 0.500. The molecule has 1 fully saturated rings. The highest BCUT2D eigenvalue weighted by atomic mass is 16.5. The van der Waals surface area contributed by atoms with Crippen LogP contribution < -0.4 is 10.1 Å². The molecule has 0 bridgehead atoms. The summed E-state index contributed by atoms with van der Waals surface area (Å²) >= 11 is 0. The van der Waals surface area contributed by atoms with E-state index >= 15 is 0 Å². The van der Waals surface area contributed by atoms with Crippen molar-refractivity contribution in [3.63, 3.8) is 0 Å². The zero-order valence-electron chi connectivity index (χ0n) is 11.0. The Hall–Kier alpha value is -1.55. The number of amides is 1. The van der Waals surface area contributed by atoms with Gasteiger partial charge >= 0.3 is 0 Å².